The van der Waals surface area contributed by atoms with Crippen LogP contribution in [0.1, 0.15) is 33.3 Å². The van der Waals surface area contributed by atoms with Gasteiger partial charge in [-0.1, -0.05) is 18.2 Å². The van der Waals surface area contributed by atoms with Crippen LogP contribution in [0.4, 0.5) is 0 Å². The van der Waals surface area contributed by atoms with Crippen molar-refractivity contribution in [1.29, 1.82) is 0 Å². The predicted octanol–water partition coefficient (Wildman–Crippen LogP) is 7.07. The number of nitrogens with zero attached hydrogens (tertiary/aromatic N) is 3. The fourth-order valence-corrected chi connectivity index (χ4v) is 5.48. The molecule has 200 valence electrons. The van der Waals surface area contributed by atoms with Crippen molar-refractivity contribution in [2.75, 3.05) is 26.4 Å². The third-order valence-corrected chi connectivity index (χ3v) is 7.01. The zero-order chi connectivity index (χ0) is 26.9. The second-order valence-corrected chi connectivity index (χ2v) is 9.36. The minimum atomic E-state index is 0.545. The molecule has 0 aliphatic carbocycles. The molecular formula is C32H33N3O4. The molecule has 6 rings (SSSR count). The average Bonchev–Trinajstić information content (AvgIpc) is 3.27. The van der Waals surface area contributed by atoms with Gasteiger partial charge in [0.2, 0.25) is 0 Å². The largest absolute Gasteiger partial charge is 0.490 e. The van der Waals surface area contributed by atoms with E-state index in [1.165, 1.54) is 5.56 Å². The summed E-state index contributed by atoms with van der Waals surface area (Å²) in [5.74, 6) is 2.98. The lowest BCUT2D eigenvalue weighted by Crippen LogP contribution is -2.12. The fourth-order valence-electron chi connectivity index (χ4n) is 5.48. The van der Waals surface area contributed by atoms with Gasteiger partial charge in [-0.15, -0.1) is 0 Å². The number of ether oxygens (including phenoxy) is 4. The topological polar surface area (TPSA) is 67.6 Å². The van der Waals surface area contributed by atoms with E-state index in [0.717, 1.165) is 80.5 Å². The van der Waals surface area contributed by atoms with E-state index >= 15 is 0 Å². The predicted molar refractivity (Wildman–Crippen MR) is 154 cm³/mol. The molecule has 7 nitrogen and oxygen atoms in total. The second kappa shape index (κ2) is 10.5. The van der Waals surface area contributed by atoms with Gasteiger partial charge in [0.25, 0.3) is 0 Å². The van der Waals surface area contributed by atoms with Gasteiger partial charge in [-0.25, -0.2) is 9.97 Å². The standard InChI is InChI=1S/C32H33N3O4/c1-5-36-25-14-13-21(18-26(25)37-6-2)29-30-32(34-24-12-10-9-11-23(24)33-30)35-16-15-20-17-27(38-7-3)28(39-8-4)19-22(20)31(29)35/h9-14,17-19H,5-8,15-16H2,1-4H3. The van der Waals surface area contributed by atoms with Gasteiger partial charge in [-0.3, -0.25) is 0 Å². The maximum absolute atomic E-state index is 6.05. The molecule has 0 saturated carbocycles. The number of hydrogen-bond acceptors (Lipinski definition) is 6. The Kier molecular flexibility index (Phi) is 6.73. The summed E-state index contributed by atoms with van der Waals surface area (Å²) in [4.78, 5) is 10.3. The SMILES string of the molecule is CCOc1ccc(-c2c3n(c4nc5ccccc5nc24)CCc2cc(OCC)c(OCC)cc2-3)cc1OCC. The first-order valence-electron chi connectivity index (χ1n) is 13.8. The van der Waals surface area contributed by atoms with Crippen LogP contribution in [-0.4, -0.2) is 41.0 Å². The van der Waals surface area contributed by atoms with Crippen LogP contribution in [0.5, 0.6) is 23.0 Å². The molecule has 0 unspecified atom stereocenters. The number of para-hydroxylation sites is 2. The van der Waals surface area contributed by atoms with Crippen molar-refractivity contribution < 1.29 is 18.9 Å². The molecule has 3 aromatic carbocycles. The van der Waals surface area contributed by atoms with Gasteiger partial charge in [0.05, 0.1) is 43.2 Å². The van der Waals surface area contributed by atoms with Crippen molar-refractivity contribution in [3.63, 3.8) is 0 Å². The van der Waals surface area contributed by atoms with Crippen LogP contribution in [0.3, 0.4) is 0 Å². The summed E-state index contributed by atoms with van der Waals surface area (Å²) in [7, 11) is 0. The average molecular weight is 524 g/mol. The number of aromatic nitrogens is 3. The zero-order valence-electron chi connectivity index (χ0n) is 22.9. The Bertz CT molecular complexity index is 1670. The Labute approximate surface area is 228 Å². The third-order valence-electron chi connectivity index (χ3n) is 7.01. The molecule has 0 fully saturated rings. The van der Waals surface area contributed by atoms with Gasteiger partial charge in [0.15, 0.2) is 28.6 Å². The molecule has 3 heterocycles. The van der Waals surface area contributed by atoms with E-state index in [2.05, 4.69) is 28.8 Å². The Morgan fingerprint density at radius 2 is 1.31 bits per heavy atom. The van der Waals surface area contributed by atoms with E-state index in [1.54, 1.807) is 0 Å². The summed E-state index contributed by atoms with van der Waals surface area (Å²) in [5, 5.41) is 0. The smallest absolute Gasteiger partial charge is 0.161 e. The highest BCUT2D eigenvalue weighted by Gasteiger charge is 2.29. The van der Waals surface area contributed by atoms with Crippen molar-refractivity contribution in [3.05, 3.63) is 60.2 Å². The van der Waals surface area contributed by atoms with Crippen molar-refractivity contribution in [3.8, 4) is 45.4 Å². The number of benzene rings is 3. The molecule has 0 amide bonds. The van der Waals surface area contributed by atoms with Gasteiger partial charge >= 0.3 is 0 Å². The summed E-state index contributed by atoms with van der Waals surface area (Å²) in [6.07, 6.45) is 0.861. The van der Waals surface area contributed by atoms with Crippen molar-refractivity contribution >= 4 is 22.2 Å². The van der Waals surface area contributed by atoms with Crippen molar-refractivity contribution in [2.45, 2.75) is 40.7 Å². The minimum absolute atomic E-state index is 0.545. The van der Waals surface area contributed by atoms with Crippen LogP contribution < -0.4 is 18.9 Å². The quantitative estimate of drug-likeness (QED) is 0.206. The summed E-state index contributed by atoms with van der Waals surface area (Å²) in [6, 6.07) is 18.4. The molecule has 1 aliphatic rings. The molecule has 0 bridgehead atoms. The monoisotopic (exact) mass is 523 g/mol. The van der Waals surface area contributed by atoms with Crippen LogP contribution in [0.25, 0.3) is 44.6 Å². The summed E-state index contributed by atoms with van der Waals surface area (Å²) < 4.78 is 26.2. The molecule has 39 heavy (non-hydrogen) atoms. The van der Waals surface area contributed by atoms with Crippen LogP contribution >= 0.6 is 0 Å². The normalized spacial score (nSPS) is 12.3. The highest BCUT2D eigenvalue weighted by molar-refractivity contribution is 6.04. The lowest BCUT2D eigenvalue weighted by molar-refractivity contribution is 0.287. The van der Waals surface area contributed by atoms with Gasteiger partial charge in [-0.05, 0) is 81.6 Å². The Morgan fingerprint density at radius 1 is 0.692 bits per heavy atom. The Balaban J connectivity index is 1.67. The van der Waals surface area contributed by atoms with E-state index < -0.39 is 0 Å². The molecule has 0 radical (unpaired) electrons. The van der Waals surface area contributed by atoms with Crippen LogP contribution in [0.15, 0.2) is 54.6 Å². The van der Waals surface area contributed by atoms with Gasteiger partial charge in [-0.2, -0.15) is 0 Å². The van der Waals surface area contributed by atoms with E-state index in [9.17, 15) is 0 Å². The van der Waals surface area contributed by atoms with Gasteiger partial charge < -0.3 is 23.5 Å². The molecule has 1 aliphatic heterocycles. The zero-order valence-corrected chi connectivity index (χ0v) is 22.9. The molecule has 7 heteroatoms. The highest BCUT2D eigenvalue weighted by atomic mass is 16.5. The van der Waals surface area contributed by atoms with Crippen molar-refractivity contribution in [1.82, 2.24) is 14.5 Å². The summed E-state index contributed by atoms with van der Waals surface area (Å²) in [5.41, 5.74) is 8.94. The lowest BCUT2D eigenvalue weighted by atomic mass is 9.93. The van der Waals surface area contributed by atoms with Crippen LogP contribution in [-0.2, 0) is 13.0 Å². The first kappa shape index (κ1) is 25.0. The maximum atomic E-state index is 6.05. The molecule has 0 saturated heterocycles. The molecular weight excluding hydrogens is 490 g/mol. The first-order valence-corrected chi connectivity index (χ1v) is 13.8. The lowest BCUT2D eigenvalue weighted by Gasteiger charge is -2.23. The minimum Gasteiger partial charge on any atom is -0.490 e. The molecule has 2 aromatic heterocycles. The number of hydrogen-bond donors (Lipinski definition) is 0. The second-order valence-electron chi connectivity index (χ2n) is 9.36. The van der Waals surface area contributed by atoms with Crippen molar-refractivity contribution in [2.24, 2.45) is 0 Å². The molecule has 5 aromatic rings. The number of aryl methyl sites for hydroxylation is 2. The Hall–Kier alpha value is -4.26. The van der Waals surface area contributed by atoms with E-state index in [4.69, 9.17) is 28.9 Å². The van der Waals surface area contributed by atoms with Crippen LogP contribution in [0.2, 0.25) is 0 Å². The van der Waals surface area contributed by atoms with E-state index in [1.807, 2.05) is 58.0 Å². The van der Waals surface area contributed by atoms with E-state index in [-0.39, 0.29) is 0 Å². The summed E-state index contributed by atoms with van der Waals surface area (Å²) in [6.45, 7) is 11.0. The first-order chi connectivity index (χ1) is 19.2. The Morgan fingerprint density at radius 3 is 2.00 bits per heavy atom. The fraction of sp³-hybridized carbons (Fsp3) is 0.312. The number of fused-ring (bicyclic) bond motifs is 6. The maximum Gasteiger partial charge on any atom is 0.161 e. The van der Waals surface area contributed by atoms with Crippen LogP contribution in [0, 0.1) is 0 Å². The molecule has 0 spiro atoms. The summed E-state index contributed by atoms with van der Waals surface area (Å²) >= 11 is 0. The third kappa shape index (κ3) is 4.32. The molecule has 0 N–H and O–H groups in total. The van der Waals surface area contributed by atoms with Gasteiger partial charge in [0, 0.05) is 17.7 Å². The number of rotatable bonds is 9. The molecule has 0 atom stereocenters. The van der Waals surface area contributed by atoms with Gasteiger partial charge in [0.1, 0.15) is 5.52 Å². The highest BCUT2D eigenvalue weighted by Crippen LogP contribution is 2.48. The van der Waals surface area contributed by atoms with E-state index in [0.29, 0.717) is 26.4 Å².